The van der Waals surface area contributed by atoms with Crippen molar-refractivity contribution in [1.82, 2.24) is 4.98 Å². The Morgan fingerprint density at radius 2 is 2.00 bits per heavy atom. The smallest absolute Gasteiger partial charge is 0.256 e. The fourth-order valence-electron chi connectivity index (χ4n) is 3.50. The van der Waals surface area contributed by atoms with Crippen LogP contribution in [0.2, 0.25) is 0 Å². The molecule has 0 unspecified atom stereocenters. The van der Waals surface area contributed by atoms with Crippen LogP contribution in [0.15, 0.2) is 47.3 Å². The topological polar surface area (TPSA) is 91.5 Å². The van der Waals surface area contributed by atoms with E-state index in [4.69, 9.17) is 4.74 Å². The average molecular weight is 395 g/mol. The van der Waals surface area contributed by atoms with E-state index in [2.05, 4.69) is 10.3 Å². The Morgan fingerprint density at radius 1 is 1.17 bits per heavy atom. The number of carbonyl (C=O) groups excluding carboxylic acids is 2. The Labute approximate surface area is 165 Å². The number of hydrogen-bond acceptors (Lipinski definition) is 4. The molecule has 1 aliphatic rings. The summed E-state index contributed by atoms with van der Waals surface area (Å²) in [5, 5.41) is 3.17. The summed E-state index contributed by atoms with van der Waals surface area (Å²) in [7, 11) is 1.51. The number of carbonyl (C=O) groups is 2. The van der Waals surface area contributed by atoms with E-state index in [1.165, 1.54) is 25.3 Å². The molecular formula is C21H18FN3O4. The maximum Gasteiger partial charge on any atom is 0.256 e. The summed E-state index contributed by atoms with van der Waals surface area (Å²) in [4.78, 5) is 41.0. The second-order valence-electron chi connectivity index (χ2n) is 6.73. The molecule has 1 fully saturated rings. The summed E-state index contributed by atoms with van der Waals surface area (Å²) in [6, 6.07) is 9.98. The van der Waals surface area contributed by atoms with Gasteiger partial charge in [-0.2, -0.15) is 0 Å². The molecule has 148 valence electrons. The number of H-pyrrole nitrogens is 1. The quantitative estimate of drug-likeness (QED) is 0.710. The minimum Gasteiger partial charge on any atom is -0.495 e. The van der Waals surface area contributed by atoms with Crippen molar-refractivity contribution in [3.63, 3.8) is 0 Å². The van der Waals surface area contributed by atoms with E-state index < -0.39 is 17.3 Å². The lowest BCUT2D eigenvalue weighted by molar-refractivity contribution is -0.117. The van der Waals surface area contributed by atoms with E-state index in [0.29, 0.717) is 35.5 Å². The SMILES string of the molecule is COc1ccc(NC(=O)c2cc(=O)[nH]c3cc(F)ccc23)cc1N1CCCC1=O. The highest BCUT2D eigenvalue weighted by molar-refractivity contribution is 6.12. The number of aromatic nitrogens is 1. The molecule has 8 heteroatoms. The van der Waals surface area contributed by atoms with Gasteiger partial charge in [-0.3, -0.25) is 14.4 Å². The molecule has 0 spiro atoms. The van der Waals surface area contributed by atoms with Crippen molar-refractivity contribution in [2.24, 2.45) is 0 Å². The molecule has 1 saturated heterocycles. The molecule has 2 amide bonds. The van der Waals surface area contributed by atoms with E-state index in [1.807, 2.05) is 0 Å². The average Bonchev–Trinajstić information content (AvgIpc) is 3.12. The lowest BCUT2D eigenvalue weighted by Gasteiger charge is -2.20. The van der Waals surface area contributed by atoms with Crippen molar-refractivity contribution in [1.29, 1.82) is 0 Å². The lowest BCUT2D eigenvalue weighted by Crippen LogP contribution is -2.24. The molecule has 0 atom stereocenters. The first-order chi connectivity index (χ1) is 14.0. The van der Waals surface area contributed by atoms with Crippen molar-refractivity contribution < 1.29 is 18.7 Å². The number of fused-ring (bicyclic) bond motifs is 1. The maximum absolute atomic E-state index is 13.5. The number of benzene rings is 2. The Morgan fingerprint density at radius 3 is 2.72 bits per heavy atom. The first-order valence-corrected chi connectivity index (χ1v) is 9.08. The number of pyridine rings is 1. The number of aromatic amines is 1. The molecule has 4 rings (SSSR count). The van der Waals surface area contributed by atoms with Crippen LogP contribution in [-0.2, 0) is 4.79 Å². The van der Waals surface area contributed by atoms with Crippen molar-refractivity contribution in [2.45, 2.75) is 12.8 Å². The third kappa shape index (κ3) is 3.56. The monoisotopic (exact) mass is 395 g/mol. The predicted octanol–water partition coefficient (Wildman–Crippen LogP) is 3.05. The zero-order chi connectivity index (χ0) is 20.5. The highest BCUT2D eigenvalue weighted by atomic mass is 19.1. The van der Waals surface area contributed by atoms with Gasteiger partial charge in [0.1, 0.15) is 11.6 Å². The second-order valence-corrected chi connectivity index (χ2v) is 6.73. The van der Waals surface area contributed by atoms with Crippen LogP contribution < -0.4 is 20.5 Å². The number of nitrogens with zero attached hydrogens (tertiary/aromatic N) is 1. The van der Waals surface area contributed by atoms with Gasteiger partial charge in [0.25, 0.3) is 5.91 Å². The van der Waals surface area contributed by atoms with Gasteiger partial charge in [-0.05, 0) is 42.8 Å². The van der Waals surface area contributed by atoms with E-state index in [9.17, 15) is 18.8 Å². The van der Waals surface area contributed by atoms with Crippen LogP contribution in [0.5, 0.6) is 5.75 Å². The van der Waals surface area contributed by atoms with Crippen LogP contribution >= 0.6 is 0 Å². The molecule has 1 aliphatic heterocycles. The van der Waals surface area contributed by atoms with E-state index in [1.54, 1.807) is 23.1 Å². The van der Waals surface area contributed by atoms with Crippen LogP contribution in [0.25, 0.3) is 10.9 Å². The van der Waals surface area contributed by atoms with Crippen LogP contribution in [0, 0.1) is 5.82 Å². The number of ether oxygens (including phenoxy) is 1. The Bertz CT molecular complexity index is 1190. The maximum atomic E-state index is 13.5. The molecule has 29 heavy (non-hydrogen) atoms. The third-order valence-electron chi connectivity index (χ3n) is 4.85. The molecular weight excluding hydrogens is 377 g/mol. The number of amides is 2. The third-order valence-corrected chi connectivity index (χ3v) is 4.85. The van der Waals surface area contributed by atoms with Gasteiger partial charge in [-0.25, -0.2) is 4.39 Å². The molecule has 0 saturated carbocycles. The molecule has 2 aromatic carbocycles. The standard InChI is InChI=1S/C21H18FN3O4/c1-29-18-7-5-13(10-17(18)25-8-2-3-20(25)27)23-21(28)15-11-19(26)24-16-9-12(22)4-6-14(15)16/h4-7,9-11H,2-3,8H2,1H3,(H,23,28)(H,24,26). The highest BCUT2D eigenvalue weighted by Crippen LogP contribution is 2.34. The molecule has 7 nitrogen and oxygen atoms in total. The largest absolute Gasteiger partial charge is 0.495 e. The summed E-state index contributed by atoms with van der Waals surface area (Å²) in [6.45, 7) is 0.580. The van der Waals surface area contributed by atoms with Gasteiger partial charge < -0.3 is 19.9 Å². The first-order valence-electron chi connectivity index (χ1n) is 9.08. The summed E-state index contributed by atoms with van der Waals surface area (Å²) >= 11 is 0. The Kier molecular flexibility index (Phi) is 4.75. The number of rotatable bonds is 4. The van der Waals surface area contributed by atoms with E-state index in [0.717, 1.165) is 12.5 Å². The number of halogens is 1. The Hall–Kier alpha value is -3.68. The lowest BCUT2D eigenvalue weighted by atomic mass is 10.1. The van der Waals surface area contributed by atoms with Crippen LogP contribution in [0.4, 0.5) is 15.8 Å². The zero-order valence-electron chi connectivity index (χ0n) is 15.6. The van der Waals surface area contributed by atoms with Crippen molar-refractivity contribution in [3.8, 4) is 5.75 Å². The van der Waals surface area contributed by atoms with Gasteiger partial charge in [0.15, 0.2) is 0 Å². The van der Waals surface area contributed by atoms with Crippen molar-refractivity contribution in [3.05, 3.63) is 64.2 Å². The number of nitrogens with one attached hydrogen (secondary N) is 2. The Balaban J connectivity index is 1.70. The second kappa shape index (κ2) is 7.38. The number of hydrogen-bond donors (Lipinski definition) is 2. The van der Waals surface area contributed by atoms with E-state index >= 15 is 0 Å². The molecule has 0 bridgehead atoms. The van der Waals surface area contributed by atoms with Crippen LogP contribution in [0.1, 0.15) is 23.2 Å². The zero-order valence-corrected chi connectivity index (χ0v) is 15.6. The highest BCUT2D eigenvalue weighted by Gasteiger charge is 2.25. The van der Waals surface area contributed by atoms with Gasteiger partial charge in [0, 0.05) is 30.1 Å². The molecule has 3 aromatic rings. The van der Waals surface area contributed by atoms with Crippen LogP contribution in [0.3, 0.4) is 0 Å². The van der Waals surface area contributed by atoms with Gasteiger partial charge >= 0.3 is 0 Å². The van der Waals surface area contributed by atoms with Gasteiger partial charge in [-0.15, -0.1) is 0 Å². The van der Waals surface area contributed by atoms with Gasteiger partial charge in [-0.1, -0.05) is 0 Å². The van der Waals surface area contributed by atoms with Gasteiger partial charge in [0.2, 0.25) is 11.5 Å². The predicted molar refractivity (Wildman–Crippen MR) is 107 cm³/mol. The minimum atomic E-state index is -0.517. The number of anilines is 2. The fourth-order valence-corrected chi connectivity index (χ4v) is 3.50. The molecule has 2 N–H and O–H groups in total. The summed E-state index contributed by atoms with van der Waals surface area (Å²) < 4.78 is 18.8. The summed E-state index contributed by atoms with van der Waals surface area (Å²) in [5.41, 5.74) is 0.872. The minimum absolute atomic E-state index is 0.00519. The molecule has 2 heterocycles. The number of methoxy groups -OCH3 is 1. The van der Waals surface area contributed by atoms with Gasteiger partial charge in [0.05, 0.1) is 23.9 Å². The fraction of sp³-hybridized carbons (Fsp3) is 0.190. The van der Waals surface area contributed by atoms with Crippen LogP contribution in [-0.4, -0.2) is 30.5 Å². The summed E-state index contributed by atoms with van der Waals surface area (Å²) in [5.74, 6) is -0.512. The molecule has 0 radical (unpaired) electrons. The molecule has 1 aromatic heterocycles. The van der Waals surface area contributed by atoms with Crippen molar-refractivity contribution in [2.75, 3.05) is 23.9 Å². The van der Waals surface area contributed by atoms with E-state index in [-0.39, 0.29) is 17.0 Å². The molecule has 0 aliphatic carbocycles. The van der Waals surface area contributed by atoms with Crippen molar-refractivity contribution >= 4 is 34.1 Å². The normalized spacial score (nSPS) is 13.7. The first kappa shape index (κ1) is 18.7. The summed E-state index contributed by atoms with van der Waals surface area (Å²) in [6.07, 6.45) is 1.23.